The van der Waals surface area contributed by atoms with Gasteiger partial charge in [0.05, 0.1) is 14.3 Å². The summed E-state index contributed by atoms with van der Waals surface area (Å²) in [6, 6.07) is 2.02. The van der Waals surface area contributed by atoms with E-state index < -0.39 is 5.60 Å². The lowest BCUT2D eigenvalue weighted by atomic mass is 9.84. The van der Waals surface area contributed by atoms with Crippen LogP contribution in [0, 0.1) is 0 Å². The molecule has 1 aromatic heterocycles. The van der Waals surface area contributed by atoms with E-state index in [0.717, 1.165) is 38.8 Å². The van der Waals surface area contributed by atoms with Crippen molar-refractivity contribution in [3.63, 3.8) is 0 Å². The van der Waals surface area contributed by atoms with Crippen molar-refractivity contribution >= 4 is 43.2 Å². The molecular weight excluding hydrogens is 328 g/mol. The van der Waals surface area contributed by atoms with Crippen LogP contribution >= 0.6 is 43.2 Å². The molecule has 1 saturated carbocycles. The Hall–Kier alpha value is 0.620. The van der Waals surface area contributed by atoms with Gasteiger partial charge >= 0.3 is 0 Å². The number of thiophene rings is 1. The molecule has 0 bridgehead atoms. The maximum absolute atomic E-state index is 10.5. The highest BCUT2D eigenvalue weighted by atomic mass is 79.9. The zero-order valence-corrected chi connectivity index (χ0v) is 11.7. The Morgan fingerprint density at radius 3 is 2.36 bits per heavy atom. The van der Waals surface area contributed by atoms with Gasteiger partial charge < -0.3 is 5.11 Å². The summed E-state index contributed by atoms with van der Waals surface area (Å²) in [4.78, 5) is 1.09. The van der Waals surface area contributed by atoms with Crippen molar-refractivity contribution in [2.75, 3.05) is 0 Å². The van der Waals surface area contributed by atoms with E-state index >= 15 is 0 Å². The van der Waals surface area contributed by atoms with E-state index in [9.17, 15) is 5.11 Å². The van der Waals surface area contributed by atoms with Crippen molar-refractivity contribution in [3.8, 4) is 0 Å². The first kappa shape index (κ1) is 11.1. The number of rotatable bonds is 1. The topological polar surface area (TPSA) is 20.2 Å². The fourth-order valence-electron chi connectivity index (χ4n) is 2.02. The molecule has 0 amide bonds. The first-order valence-electron chi connectivity index (χ1n) is 4.79. The Morgan fingerprint density at radius 2 is 1.86 bits per heavy atom. The van der Waals surface area contributed by atoms with E-state index in [0.29, 0.717) is 0 Å². The molecule has 1 heterocycles. The first-order chi connectivity index (χ1) is 6.62. The summed E-state index contributed by atoms with van der Waals surface area (Å²) >= 11 is 8.60. The molecule has 0 atom stereocenters. The van der Waals surface area contributed by atoms with Crippen LogP contribution in [0.3, 0.4) is 0 Å². The lowest BCUT2D eigenvalue weighted by molar-refractivity contribution is 0.00223. The molecule has 0 aliphatic heterocycles. The predicted molar refractivity (Wildman–Crippen MR) is 66.7 cm³/mol. The fourth-order valence-corrected chi connectivity index (χ4v) is 4.96. The normalized spacial score (nSPS) is 21.1. The Balaban J connectivity index is 2.32. The van der Waals surface area contributed by atoms with Crippen LogP contribution in [0.4, 0.5) is 0 Å². The molecule has 0 unspecified atom stereocenters. The van der Waals surface area contributed by atoms with E-state index in [1.54, 1.807) is 11.3 Å². The minimum Gasteiger partial charge on any atom is -0.384 e. The Labute approximate surface area is 105 Å². The summed E-state index contributed by atoms with van der Waals surface area (Å²) in [6.07, 6.45) is 5.33. The van der Waals surface area contributed by atoms with Gasteiger partial charge in [-0.15, -0.1) is 11.3 Å². The van der Waals surface area contributed by atoms with Crippen LogP contribution in [0.15, 0.2) is 14.3 Å². The third-order valence-corrected chi connectivity index (χ3v) is 5.48. The Bertz CT molecular complexity index is 329. The molecule has 2 rings (SSSR count). The first-order valence-corrected chi connectivity index (χ1v) is 7.20. The number of aliphatic hydroxyl groups is 1. The Morgan fingerprint density at radius 1 is 1.21 bits per heavy atom. The molecule has 1 N–H and O–H groups in total. The van der Waals surface area contributed by atoms with Crippen molar-refractivity contribution < 1.29 is 5.11 Å². The van der Waals surface area contributed by atoms with Gasteiger partial charge in [-0.2, -0.15) is 0 Å². The van der Waals surface area contributed by atoms with Crippen LogP contribution in [-0.2, 0) is 5.60 Å². The van der Waals surface area contributed by atoms with Gasteiger partial charge in [0.15, 0.2) is 0 Å². The van der Waals surface area contributed by atoms with Gasteiger partial charge in [-0.05, 0) is 50.8 Å². The molecule has 78 valence electrons. The number of hydrogen-bond donors (Lipinski definition) is 1. The van der Waals surface area contributed by atoms with Crippen LogP contribution in [0.5, 0.6) is 0 Å². The highest BCUT2D eigenvalue weighted by Gasteiger charge is 2.34. The molecule has 1 aliphatic carbocycles. The van der Waals surface area contributed by atoms with Crippen LogP contribution in [-0.4, -0.2) is 5.11 Å². The fraction of sp³-hybridized carbons (Fsp3) is 0.600. The molecule has 0 saturated heterocycles. The van der Waals surface area contributed by atoms with Gasteiger partial charge in [0, 0.05) is 4.47 Å². The van der Waals surface area contributed by atoms with Gasteiger partial charge in [0.1, 0.15) is 0 Å². The molecule has 1 aromatic rings. The second kappa shape index (κ2) is 4.24. The molecule has 1 aliphatic rings. The molecule has 14 heavy (non-hydrogen) atoms. The van der Waals surface area contributed by atoms with Gasteiger partial charge in [0.25, 0.3) is 0 Å². The largest absolute Gasteiger partial charge is 0.384 e. The second-order valence-electron chi connectivity index (χ2n) is 3.82. The lowest BCUT2D eigenvalue weighted by Crippen LogP contribution is -2.27. The maximum atomic E-state index is 10.5. The third-order valence-electron chi connectivity index (χ3n) is 2.76. The monoisotopic (exact) mass is 338 g/mol. The highest BCUT2D eigenvalue weighted by molar-refractivity contribution is 9.11. The molecule has 4 heteroatoms. The van der Waals surface area contributed by atoms with Crippen LogP contribution in [0.1, 0.15) is 37.0 Å². The highest BCUT2D eigenvalue weighted by Crippen LogP contribution is 2.45. The summed E-state index contributed by atoms with van der Waals surface area (Å²) < 4.78 is 2.12. The average molecular weight is 340 g/mol. The molecule has 1 fully saturated rings. The van der Waals surface area contributed by atoms with Gasteiger partial charge in [0.2, 0.25) is 0 Å². The minimum absolute atomic E-state index is 0.576. The summed E-state index contributed by atoms with van der Waals surface area (Å²) in [5, 5.41) is 10.5. The number of halogens is 2. The number of hydrogen-bond acceptors (Lipinski definition) is 2. The van der Waals surface area contributed by atoms with Crippen molar-refractivity contribution in [2.45, 2.75) is 37.7 Å². The lowest BCUT2D eigenvalue weighted by Gasteiger charge is -2.31. The molecular formula is C10H12Br2OS. The zero-order chi connectivity index (χ0) is 10.2. The smallest absolute Gasteiger partial charge is 0.0999 e. The maximum Gasteiger partial charge on any atom is 0.0999 e. The minimum atomic E-state index is -0.576. The molecule has 0 radical (unpaired) electrons. The summed E-state index contributed by atoms with van der Waals surface area (Å²) in [6.45, 7) is 0. The van der Waals surface area contributed by atoms with E-state index in [-0.39, 0.29) is 0 Å². The Kier molecular flexibility index (Phi) is 3.37. The van der Waals surface area contributed by atoms with Gasteiger partial charge in [-0.25, -0.2) is 0 Å². The van der Waals surface area contributed by atoms with Crippen LogP contribution in [0.2, 0.25) is 0 Å². The zero-order valence-electron chi connectivity index (χ0n) is 7.72. The van der Waals surface area contributed by atoms with E-state index in [1.807, 2.05) is 6.07 Å². The molecule has 1 nitrogen and oxygen atoms in total. The third kappa shape index (κ3) is 2.08. The SMILES string of the molecule is OC1(c2sc(Br)cc2Br)CCCCC1. The van der Waals surface area contributed by atoms with E-state index in [2.05, 4.69) is 31.9 Å². The van der Waals surface area contributed by atoms with Crippen LogP contribution in [0.25, 0.3) is 0 Å². The standard InChI is InChI=1S/C10H12Br2OS/c11-7-6-8(12)14-9(7)10(13)4-2-1-3-5-10/h6,13H,1-5H2. The van der Waals surface area contributed by atoms with Crippen LogP contribution < -0.4 is 0 Å². The molecule has 0 spiro atoms. The summed E-state index contributed by atoms with van der Waals surface area (Å²) in [5.41, 5.74) is -0.576. The van der Waals surface area contributed by atoms with Crippen molar-refractivity contribution in [1.29, 1.82) is 0 Å². The molecule has 0 aromatic carbocycles. The predicted octanol–water partition coefficient (Wildman–Crippen LogP) is 4.42. The van der Waals surface area contributed by atoms with E-state index in [1.165, 1.54) is 6.42 Å². The quantitative estimate of drug-likeness (QED) is 0.802. The summed E-state index contributed by atoms with van der Waals surface area (Å²) in [7, 11) is 0. The van der Waals surface area contributed by atoms with Crippen molar-refractivity contribution in [2.24, 2.45) is 0 Å². The van der Waals surface area contributed by atoms with Gasteiger partial charge in [-0.1, -0.05) is 19.3 Å². The average Bonchev–Trinajstić information content (AvgIpc) is 2.47. The summed E-state index contributed by atoms with van der Waals surface area (Å²) in [5.74, 6) is 0. The second-order valence-corrected chi connectivity index (χ2v) is 7.11. The van der Waals surface area contributed by atoms with Gasteiger partial charge in [-0.3, -0.25) is 0 Å². The van der Waals surface area contributed by atoms with E-state index in [4.69, 9.17) is 0 Å². The van der Waals surface area contributed by atoms with Crippen molar-refractivity contribution in [3.05, 3.63) is 19.2 Å². The van der Waals surface area contributed by atoms with Crippen molar-refractivity contribution in [1.82, 2.24) is 0 Å².